The summed E-state index contributed by atoms with van der Waals surface area (Å²) in [5.74, 6) is -0.253. The van der Waals surface area contributed by atoms with E-state index in [0.29, 0.717) is 16.4 Å². The zero-order valence-corrected chi connectivity index (χ0v) is 14.2. The second-order valence-electron chi connectivity index (χ2n) is 5.52. The van der Waals surface area contributed by atoms with Gasteiger partial charge in [-0.05, 0) is 43.7 Å². The number of carbonyl (C=O) groups is 1. The molecule has 1 N–H and O–H groups in total. The van der Waals surface area contributed by atoms with Crippen LogP contribution in [0.5, 0.6) is 0 Å². The van der Waals surface area contributed by atoms with Crippen molar-refractivity contribution < 1.29 is 4.79 Å². The Hall–Kier alpha value is -2.66. The lowest BCUT2D eigenvalue weighted by Gasteiger charge is -2.13. The van der Waals surface area contributed by atoms with Crippen LogP contribution in [-0.4, -0.2) is 20.9 Å². The average molecular weight is 341 g/mol. The lowest BCUT2D eigenvalue weighted by Crippen LogP contribution is -2.27. The van der Waals surface area contributed by atoms with Crippen LogP contribution in [0, 0.1) is 6.92 Å². The van der Waals surface area contributed by atoms with Gasteiger partial charge in [-0.1, -0.05) is 47.1 Å². The van der Waals surface area contributed by atoms with Crippen molar-refractivity contribution in [3.05, 3.63) is 76.6 Å². The zero-order valence-electron chi connectivity index (χ0n) is 13.4. The van der Waals surface area contributed by atoms with E-state index >= 15 is 0 Å². The number of hydrogen-bond donors (Lipinski definition) is 1. The standard InChI is InChI=1S/C18H17ClN4O/c1-12(14-8-10-15(19)11-9-14)20-18(24)17-13(2)23(22-21-17)16-6-4-3-5-7-16/h3-12H,1-2H3,(H,20,24)/t12-/m1/s1. The summed E-state index contributed by atoms with van der Waals surface area (Å²) in [5.41, 5.74) is 2.86. The van der Waals surface area contributed by atoms with Crippen molar-refractivity contribution in [1.29, 1.82) is 0 Å². The van der Waals surface area contributed by atoms with Crippen molar-refractivity contribution in [2.75, 3.05) is 0 Å². The molecule has 0 aliphatic rings. The van der Waals surface area contributed by atoms with Crippen molar-refractivity contribution in [2.24, 2.45) is 0 Å². The van der Waals surface area contributed by atoms with Crippen molar-refractivity contribution in [2.45, 2.75) is 19.9 Å². The van der Waals surface area contributed by atoms with Crippen LogP contribution in [0.2, 0.25) is 5.02 Å². The average Bonchev–Trinajstić information content (AvgIpc) is 2.98. The molecule has 24 heavy (non-hydrogen) atoms. The summed E-state index contributed by atoms with van der Waals surface area (Å²) in [4.78, 5) is 12.5. The lowest BCUT2D eigenvalue weighted by atomic mass is 10.1. The Morgan fingerprint density at radius 1 is 1.12 bits per heavy atom. The quantitative estimate of drug-likeness (QED) is 0.787. The van der Waals surface area contributed by atoms with Crippen LogP contribution in [-0.2, 0) is 0 Å². The summed E-state index contributed by atoms with van der Waals surface area (Å²) in [5, 5.41) is 11.7. The lowest BCUT2D eigenvalue weighted by molar-refractivity contribution is 0.0934. The Morgan fingerprint density at radius 2 is 1.79 bits per heavy atom. The van der Waals surface area contributed by atoms with Gasteiger partial charge >= 0.3 is 0 Å². The number of para-hydroxylation sites is 1. The molecule has 1 amide bonds. The molecule has 5 nitrogen and oxygen atoms in total. The second kappa shape index (κ2) is 6.84. The minimum Gasteiger partial charge on any atom is -0.344 e. The summed E-state index contributed by atoms with van der Waals surface area (Å²) >= 11 is 5.89. The first-order valence-electron chi connectivity index (χ1n) is 7.60. The van der Waals surface area contributed by atoms with Gasteiger partial charge in [0, 0.05) is 5.02 Å². The van der Waals surface area contributed by atoms with Gasteiger partial charge in [-0.25, -0.2) is 4.68 Å². The Morgan fingerprint density at radius 3 is 2.46 bits per heavy atom. The van der Waals surface area contributed by atoms with Gasteiger partial charge in [0.2, 0.25) is 0 Å². The van der Waals surface area contributed by atoms with E-state index in [0.717, 1.165) is 11.3 Å². The molecular formula is C18H17ClN4O. The first-order valence-corrected chi connectivity index (χ1v) is 7.98. The van der Waals surface area contributed by atoms with E-state index in [2.05, 4.69) is 15.6 Å². The molecule has 0 aliphatic heterocycles. The molecule has 0 radical (unpaired) electrons. The maximum Gasteiger partial charge on any atom is 0.274 e. The van der Waals surface area contributed by atoms with E-state index in [9.17, 15) is 4.79 Å². The Bertz CT molecular complexity index is 843. The molecular weight excluding hydrogens is 324 g/mol. The van der Waals surface area contributed by atoms with E-state index in [4.69, 9.17) is 11.6 Å². The number of hydrogen-bond acceptors (Lipinski definition) is 3. The number of carbonyl (C=O) groups excluding carboxylic acids is 1. The summed E-state index contributed by atoms with van der Waals surface area (Å²) in [7, 11) is 0. The molecule has 1 heterocycles. The monoisotopic (exact) mass is 340 g/mol. The van der Waals surface area contributed by atoms with Gasteiger partial charge < -0.3 is 5.32 Å². The Balaban J connectivity index is 1.78. The van der Waals surface area contributed by atoms with Crippen LogP contribution in [0.4, 0.5) is 0 Å². The minimum atomic E-state index is -0.253. The van der Waals surface area contributed by atoms with Gasteiger partial charge in [0.1, 0.15) is 0 Å². The molecule has 0 unspecified atom stereocenters. The summed E-state index contributed by atoms with van der Waals surface area (Å²) in [6, 6.07) is 16.8. The van der Waals surface area contributed by atoms with E-state index in [-0.39, 0.29) is 11.9 Å². The third-order valence-electron chi connectivity index (χ3n) is 3.83. The van der Waals surface area contributed by atoms with Crippen LogP contribution in [0.15, 0.2) is 54.6 Å². The molecule has 2 aromatic carbocycles. The van der Waals surface area contributed by atoms with Crippen LogP contribution < -0.4 is 5.32 Å². The fourth-order valence-electron chi connectivity index (χ4n) is 2.45. The van der Waals surface area contributed by atoms with Crippen LogP contribution in [0.1, 0.15) is 34.7 Å². The zero-order chi connectivity index (χ0) is 17.1. The van der Waals surface area contributed by atoms with Gasteiger partial charge in [-0.2, -0.15) is 0 Å². The molecule has 0 spiro atoms. The predicted molar refractivity (Wildman–Crippen MR) is 93.4 cm³/mol. The molecule has 3 aromatic rings. The predicted octanol–water partition coefficient (Wildman–Crippen LogP) is 3.72. The van der Waals surface area contributed by atoms with Crippen molar-refractivity contribution in [1.82, 2.24) is 20.3 Å². The highest BCUT2D eigenvalue weighted by Gasteiger charge is 2.19. The smallest absolute Gasteiger partial charge is 0.274 e. The van der Waals surface area contributed by atoms with Gasteiger partial charge in [-0.3, -0.25) is 4.79 Å². The van der Waals surface area contributed by atoms with Crippen LogP contribution >= 0.6 is 11.6 Å². The molecule has 6 heteroatoms. The highest BCUT2D eigenvalue weighted by atomic mass is 35.5. The highest BCUT2D eigenvalue weighted by Crippen LogP contribution is 2.17. The maximum atomic E-state index is 12.5. The molecule has 0 bridgehead atoms. The number of nitrogens with zero attached hydrogens (tertiary/aromatic N) is 3. The normalized spacial score (nSPS) is 12.0. The SMILES string of the molecule is Cc1c(C(=O)N[C@H](C)c2ccc(Cl)cc2)nnn1-c1ccccc1. The molecule has 1 atom stereocenters. The van der Waals surface area contributed by atoms with E-state index < -0.39 is 0 Å². The molecule has 0 saturated heterocycles. The first-order chi connectivity index (χ1) is 11.6. The number of amides is 1. The number of aromatic nitrogens is 3. The summed E-state index contributed by atoms with van der Waals surface area (Å²) in [6.45, 7) is 3.74. The topological polar surface area (TPSA) is 59.8 Å². The second-order valence-corrected chi connectivity index (χ2v) is 5.95. The molecule has 1 aromatic heterocycles. The van der Waals surface area contributed by atoms with Gasteiger partial charge in [0.15, 0.2) is 5.69 Å². The van der Waals surface area contributed by atoms with Crippen molar-refractivity contribution in [3.8, 4) is 5.69 Å². The van der Waals surface area contributed by atoms with E-state index in [1.54, 1.807) is 16.8 Å². The Labute approximate surface area is 145 Å². The number of halogens is 1. The minimum absolute atomic E-state index is 0.156. The van der Waals surface area contributed by atoms with Crippen LogP contribution in [0.25, 0.3) is 5.69 Å². The van der Waals surface area contributed by atoms with Gasteiger partial charge in [0.25, 0.3) is 5.91 Å². The van der Waals surface area contributed by atoms with Crippen LogP contribution in [0.3, 0.4) is 0 Å². The molecule has 3 rings (SSSR count). The third-order valence-corrected chi connectivity index (χ3v) is 4.08. The molecule has 0 saturated carbocycles. The fraction of sp³-hybridized carbons (Fsp3) is 0.167. The number of rotatable bonds is 4. The van der Waals surface area contributed by atoms with Crippen molar-refractivity contribution >= 4 is 17.5 Å². The highest BCUT2D eigenvalue weighted by molar-refractivity contribution is 6.30. The van der Waals surface area contributed by atoms with E-state index in [1.165, 1.54) is 0 Å². The molecule has 0 fully saturated rings. The summed E-state index contributed by atoms with van der Waals surface area (Å²) < 4.78 is 1.65. The Kier molecular flexibility index (Phi) is 4.62. The van der Waals surface area contributed by atoms with Gasteiger partial charge in [0.05, 0.1) is 17.4 Å². The largest absolute Gasteiger partial charge is 0.344 e. The summed E-state index contributed by atoms with van der Waals surface area (Å²) in [6.07, 6.45) is 0. The third kappa shape index (κ3) is 3.31. The number of benzene rings is 2. The first kappa shape index (κ1) is 16.2. The number of nitrogens with one attached hydrogen (secondary N) is 1. The maximum absolute atomic E-state index is 12.5. The molecule has 122 valence electrons. The fourth-order valence-corrected chi connectivity index (χ4v) is 2.58. The van der Waals surface area contributed by atoms with E-state index in [1.807, 2.05) is 56.3 Å². The van der Waals surface area contributed by atoms with Crippen molar-refractivity contribution in [3.63, 3.8) is 0 Å². The molecule has 0 aliphatic carbocycles. The van der Waals surface area contributed by atoms with Gasteiger partial charge in [-0.15, -0.1) is 5.10 Å².